The van der Waals surface area contributed by atoms with Gasteiger partial charge in [0.25, 0.3) is 11.6 Å². The average molecular weight is 402 g/mol. The van der Waals surface area contributed by atoms with Gasteiger partial charge in [-0.2, -0.15) is 0 Å². The van der Waals surface area contributed by atoms with Crippen LogP contribution in [0.3, 0.4) is 0 Å². The second kappa shape index (κ2) is 6.40. The lowest BCUT2D eigenvalue weighted by Gasteiger charge is -2.35. The number of rotatable bonds is 3. The van der Waals surface area contributed by atoms with Gasteiger partial charge in [0.15, 0.2) is 17.4 Å². The van der Waals surface area contributed by atoms with Crippen LogP contribution in [0.5, 0.6) is 11.5 Å². The van der Waals surface area contributed by atoms with Crippen molar-refractivity contribution in [2.45, 2.75) is 39.4 Å². The molecule has 2 aliphatic heterocycles. The molecule has 1 aromatic carbocycles. The smallest absolute Gasteiger partial charge is 0.324 e. The molecule has 1 fully saturated rings. The lowest BCUT2D eigenvalue weighted by Crippen LogP contribution is -2.50. The molecular weight excluding hydrogens is 380 g/mol. The van der Waals surface area contributed by atoms with Gasteiger partial charge in [0.05, 0.1) is 7.05 Å². The molecular formula is C20H22N2O7. The van der Waals surface area contributed by atoms with Crippen LogP contribution in [0.25, 0.3) is 0 Å². The molecule has 9 nitrogen and oxygen atoms in total. The van der Waals surface area contributed by atoms with Gasteiger partial charge in [0, 0.05) is 27.7 Å². The van der Waals surface area contributed by atoms with E-state index >= 15 is 0 Å². The lowest BCUT2D eigenvalue weighted by molar-refractivity contribution is -0.621. The van der Waals surface area contributed by atoms with Crippen LogP contribution in [-0.4, -0.2) is 29.1 Å². The van der Waals surface area contributed by atoms with Crippen LogP contribution >= 0.6 is 0 Å². The fourth-order valence-corrected chi connectivity index (χ4v) is 3.80. The molecule has 0 amide bonds. The van der Waals surface area contributed by atoms with Crippen molar-refractivity contribution in [1.29, 1.82) is 0 Å². The Bertz CT molecular complexity index is 979. The van der Waals surface area contributed by atoms with Crippen molar-refractivity contribution in [2.24, 2.45) is 13.0 Å². The van der Waals surface area contributed by atoms with E-state index in [0.29, 0.717) is 22.8 Å². The summed E-state index contributed by atoms with van der Waals surface area (Å²) >= 11 is 0. The predicted molar refractivity (Wildman–Crippen MR) is 98.0 cm³/mol. The van der Waals surface area contributed by atoms with Crippen molar-refractivity contribution < 1.29 is 33.3 Å². The summed E-state index contributed by atoms with van der Waals surface area (Å²) in [5.41, 5.74) is 1.74. The zero-order valence-electron chi connectivity index (χ0n) is 16.8. The Labute approximate surface area is 167 Å². The van der Waals surface area contributed by atoms with Crippen molar-refractivity contribution in [2.75, 3.05) is 6.79 Å². The van der Waals surface area contributed by atoms with E-state index in [4.69, 9.17) is 18.9 Å². The van der Waals surface area contributed by atoms with Crippen molar-refractivity contribution in [1.82, 2.24) is 4.57 Å². The highest BCUT2D eigenvalue weighted by atomic mass is 16.7. The van der Waals surface area contributed by atoms with Crippen LogP contribution in [-0.2, 0) is 26.1 Å². The summed E-state index contributed by atoms with van der Waals surface area (Å²) in [6, 6.07) is 5.06. The molecule has 4 rings (SSSR count). The highest BCUT2D eigenvalue weighted by Crippen LogP contribution is 2.41. The molecule has 0 N–H and O–H groups in total. The quantitative estimate of drug-likeness (QED) is 0.332. The van der Waals surface area contributed by atoms with Gasteiger partial charge in [-0.3, -0.25) is 9.59 Å². The van der Waals surface area contributed by atoms with Gasteiger partial charge in [-0.25, -0.2) is 9.30 Å². The normalized spacial score (nSPS) is 19.1. The first-order valence-corrected chi connectivity index (χ1v) is 9.21. The summed E-state index contributed by atoms with van der Waals surface area (Å²) in [4.78, 5) is 25.7. The zero-order valence-corrected chi connectivity index (χ0v) is 16.8. The van der Waals surface area contributed by atoms with Crippen molar-refractivity contribution >= 4 is 11.9 Å². The Hall–Kier alpha value is -3.23. The van der Waals surface area contributed by atoms with Gasteiger partial charge in [-0.15, -0.1) is 0 Å². The molecule has 9 heteroatoms. The number of fused-ring (bicyclic) bond motifs is 1. The predicted octanol–water partition coefficient (Wildman–Crippen LogP) is 1.59. The number of benzene rings is 1. The maximum Gasteiger partial charge on any atom is 0.324 e. The van der Waals surface area contributed by atoms with Crippen LogP contribution in [0.15, 0.2) is 18.2 Å². The maximum absolute atomic E-state index is 13.0. The minimum absolute atomic E-state index is 0.0785. The maximum atomic E-state index is 13.0. The van der Waals surface area contributed by atoms with Crippen LogP contribution in [0.4, 0.5) is 0 Å². The summed E-state index contributed by atoms with van der Waals surface area (Å²) in [7, 11) is 1.72. The number of carbonyl (C=O) groups is 2. The molecule has 0 spiro atoms. The number of hydrogen-bond donors (Lipinski definition) is 0. The number of imidazole rings is 1. The van der Waals surface area contributed by atoms with E-state index in [1.807, 2.05) is 0 Å². The summed E-state index contributed by atoms with van der Waals surface area (Å²) in [5.74, 6) is -3.86. The number of cyclic esters (lactones) is 2. The minimum Gasteiger partial charge on any atom is -0.711 e. The number of carbonyl (C=O) groups excluding carboxylic acids is 2. The Morgan fingerprint density at radius 3 is 2.34 bits per heavy atom. The SMILES string of the molecule is Cc1c(C)[n+]([O-])c([C@@H](c2ccc3c(c2)OCO3)C2C(=O)OC(C)(C)OC2=O)n1C. The Kier molecular flexibility index (Phi) is 4.21. The second-order valence-electron chi connectivity index (χ2n) is 7.69. The van der Waals surface area contributed by atoms with Crippen LogP contribution in [0.2, 0.25) is 0 Å². The third-order valence-electron chi connectivity index (χ3n) is 5.45. The third-order valence-corrected chi connectivity index (χ3v) is 5.45. The highest BCUT2D eigenvalue weighted by molar-refractivity contribution is 5.98. The van der Waals surface area contributed by atoms with E-state index in [0.717, 1.165) is 10.4 Å². The fourth-order valence-electron chi connectivity index (χ4n) is 3.80. The van der Waals surface area contributed by atoms with Crippen molar-refractivity contribution in [3.8, 4) is 11.5 Å². The van der Waals surface area contributed by atoms with Crippen LogP contribution < -0.4 is 14.2 Å². The second-order valence-corrected chi connectivity index (χ2v) is 7.69. The molecule has 3 heterocycles. The largest absolute Gasteiger partial charge is 0.711 e. The fraction of sp³-hybridized carbons (Fsp3) is 0.450. The van der Waals surface area contributed by atoms with Crippen LogP contribution in [0.1, 0.15) is 42.5 Å². The first-order chi connectivity index (χ1) is 13.6. The third kappa shape index (κ3) is 2.97. The van der Waals surface area contributed by atoms with Gasteiger partial charge in [0.2, 0.25) is 6.79 Å². The van der Waals surface area contributed by atoms with E-state index in [1.54, 1.807) is 43.7 Å². The molecule has 2 aromatic rings. The highest BCUT2D eigenvalue weighted by Gasteiger charge is 2.51. The van der Waals surface area contributed by atoms with E-state index in [-0.39, 0.29) is 12.6 Å². The molecule has 154 valence electrons. The average Bonchev–Trinajstić information content (AvgIpc) is 3.17. The van der Waals surface area contributed by atoms with E-state index in [2.05, 4.69) is 0 Å². The molecule has 0 unspecified atom stereocenters. The van der Waals surface area contributed by atoms with Crippen LogP contribution in [0, 0.1) is 25.0 Å². The van der Waals surface area contributed by atoms with E-state index in [9.17, 15) is 14.8 Å². The monoisotopic (exact) mass is 402 g/mol. The number of aromatic nitrogens is 2. The molecule has 0 radical (unpaired) electrons. The summed E-state index contributed by atoms with van der Waals surface area (Å²) in [6.45, 7) is 6.53. The van der Waals surface area contributed by atoms with E-state index < -0.39 is 29.6 Å². The van der Waals surface area contributed by atoms with Gasteiger partial charge in [-0.05, 0) is 17.7 Å². The van der Waals surface area contributed by atoms with Gasteiger partial charge >= 0.3 is 11.9 Å². The topological polar surface area (TPSA) is 103 Å². The van der Waals surface area contributed by atoms with Gasteiger partial charge in [-0.1, -0.05) is 6.07 Å². The lowest BCUT2D eigenvalue weighted by atomic mass is 9.84. The van der Waals surface area contributed by atoms with E-state index in [1.165, 1.54) is 13.8 Å². The minimum atomic E-state index is -1.36. The number of nitrogens with zero attached hydrogens (tertiary/aromatic N) is 2. The molecule has 1 saturated heterocycles. The standard InChI is InChI=1S/C20H22N2O7/c1-10-11(2)22(25)17(21(10)5)15(12-6-7-13-14(8-12)27-9-26-13)16-18(23)28-20(3,4)29-19(16)24/h6-8,15-16H,9H2,1-5H3/t15-/m0/s1. The Morgan fingerprint density at radius 1 is 1.14 bits per heavy atom. The molecule has 1 aromatic heterocycles. The summed E-state index contributed by atoms with van der Waals surface area (Å²) in [5, 5.41) is 13.0. The van der Waals surface area contributed by atoms with Crippen molar-refractivity contribution in [3.05, 3.63) is 46.2 Å². The summed E-state index contributed by atoms with van der Waals surface area (Å²) in [6.07, 6.45) is 0. The molecule has 0 bridgehead atoms. The molecule has 2 aliphatic rings. The molecule has 29 heavy (non-hydrogen) atoms. The van der Waals surface area contributed by atoms with Gasteiger partial charge in [0.1, 0.15) is 17.3 Å². The molecule has 0 saturated carbocycles. The first-order valence-electron chi connectivity index (χ1n) is 9.21. The van der Waals surface area contributed by atoms with Gasteiger partial charge < -0.3 is 24.2 Å². The van der Waals surface area contributed by atoms with Crippen molar-refractivity contribution in [3.63, 3.8) is 0 Å². The molecule has 0 aliphatic carbocycles. The number of hydrogen-bond acceptors (Lipinski definition) is 7. The summed E-state index contributed by atoms with van der Waals surface area (Å²) < 4.78 is 23.9. The Balaban J connectivity index is 1.90. The number of esters is 2. The zero-order chi connectivity index (χ0) is 21.1. The Morgan fingerprint density at radius 2 is 1.76 bits per heavy atom. The first kappa shape index (κ1) is 19.1. The number of ether oxygens (including phenoxy) is 4. The molecule has 1 atom stereocenters.